The number of hydrogen-bond donors (Lipinski definition) is 7. The van der Waals surface area contributed by atoms with Crippen molar-refractivity contribution in [1.29, 1.82) is 0 Å². The summed E-state index contributed by atoms with van der Waals surface area (Å²) in [6.07, 6.45) is -2.86. The normalized spacial score (nSPS) is 32.3. The number of phosphoric acid groups is 3. The van der Waals surface area contributed by atoms with Crippen LogP contribution in [0.4, 0.5) is 4.79 Å². The molecule has 2 aliphatic heterocycles. The Morgan fingerprint density at radius 1 is 1.24 bits per heavy atom. The molecule has 168 valence electrons. The number of carbonyl (C=O) groups excluding carboxylic acids is 1. The average Bonchev–Trinajstić information content (AvgIpc) is 2.86. The monoisotopic (exact) mass is 483 g/mol. The smallest absolute Gasteiger partial charge is 0.390 e. The molecule has 0 aliphatic carbocycles. The SMILES string of the molecule is CC1=CN([C@H]2C[C@H](O)[C@@H](COP(=O)(O)OP(=O)(O)OP(=O)(O)O)O2)C(=O)NC1N. The highest BCUT2D eigenvalue weighted by atomic mass is 31.3. The number of ether oxygens (including phenoxy) is 1. The molecule has 0 saturated carbocycles. The highest BCUT2D eigenvalue weighted by Crippen LogP contribution is 2.66. The van der Waals surface area contributed by atoms with Gasteiger partial charge in [-0.2, -0.15) is 8.62 Å². The molecular formula is C10H20N3O13P3. The number of aliphatic hydroxyl groups excluding tert-OH is 1. The fourth-order valence-corrected chi connectivity index (χ4v) is 5.43. The van der Waals surface area contributed by atoms with Crippen molar-refractivity contribution >= 4 is 29.5 Å². The van der Waals surface area contributed by atoms with E-state index in [0.29, 0.717) is 5.57 Å². The molecular weight excluding hydrogens is 463 g/mol. The Kier molecular flexibility index (Phi) is 7.46. The summed E-state index contributed by atoms with van der Waals surface area (Å²) in [6, 6.07) is -0.603. The Bertz CT molecular complexity index is 814. The van der Waals surface area contributed by atoms with Crippen LogP contribution >= 0.6 is 23.5 Å². The molecule has 0 aromatic carbocycles. The largest absolute Gasteiger partial charge is 0.490 e. The lowest BCUT2D eigenvalue weighted by Gasteiger charge is -2.32. The molecule has 29 heavy (non-hydrogen) atoms. The molecule has 3 unspecified atom stereocenters. The second kappa shape index (κ2) is 8.81. The molecule has 6 atom stereocenters. The standard InChI is InChI=1S/C10H20N3O13P3/c1-5-3-13(10(15)12-9(5)11)8-2-6(14)7(24-8)4-23-28(19,20)26-29(21,22)25-27(16,17)18/h3,6-9,14H,2,4,11H2,1H3,(H,12,15)(H,19,20)(H,21,22)(H2,16,17,18)/t6-,7+,8+,9?/m0/s1. The van der Waals surface area contributed by atoms with Crippen LogP contribution in [-0.2, 0) is 31.6 Å². The van der Waals surface area contributed by atoms with E-state index in [1.165, 1.54) is 6.20 Å². The Morgan fingerprint density at radius 2 is 1.86 bits per heavy atom. The van der Waals surface area contributed by atoms with Crippen LogP contribution in [0, 0.1) is 0 Å². The first-order valence-electron chi connectivity index (χ1n) is 7.73. The van der Waals surface area contributed by atoms with Crippen LogP contribution in [0.25, 0.3) is 0 Å². The van der Waals surface area contributed by atoms with E-state index in [1.807, 2.05) is 0 Å². The van der Waals surface area contributed by atoms with Gasteiger partial charge in [0.1, 0.15) is 18.5 Å². The van der Waals surface area contributed by atoms with Crippen LogP contribution in [0.1, 0.15) is 13.3 Å². The Balaban J connectivity index is 1.96. The second-order valence-corrected chi connectivity index (χ2v) is 10.4. The van der Waals surface area contributed by atoms with Gasteiger partial charge in [-0.05, 0) is 12.5 Å². The minimum Gasteiger partial charge on any atom is -0.390 e. The Labute approximate surface area is 163 Å². The maximum absolute atomic E-state index is 12.0. The lowest BCUT2D eigenvalue weighted by molar-refractivity contribution is -0.0535. The van der Waals surface area contributed by atoms with Crippen LogP contribution < -0.4 is 11.1 Å². The number of nitrogens with two attached hydrogens (primary N) is 1. The molecule has 0 aromatic rings. The van der Waals surface area contributed by atoms with E-state index in [9.17, 15) is 28.5 Å². The predicted octanol–water partition coefficient (Wildman–Crippen LogP) is -0.981. The maximum atomic E-state index is 12.0. The molecule has 2 rings (SSSR count). The summed E-state index contributed by atoms with van der Waals surface area (Å²) in [5, 5.41) is 12.5. The highest BCUT2D eigenvalue weighted by molar-refractivity contribution is 7.66. The molecule has 0 aromatic heterocycles. The number of rotatable bonds is 8. The first-order valence-corrected chi connectivity index (χ1v) is 12.3. The van der Waals surface area contributed by atoms with Gasteiger partial charge in [0.25, 0.3) is 0 Å². The van der Waals surface area contributed by atoms with Crippen molar-refractivity contribution in [3.8, 4) is 0 Å². The summed E-state index contributed by atoms with van der Waals surface area (Å²) in [4.78, 5) is 48.5. The Morgan fingerprint density at radius 3 is 2.45 bits per heavy atom. The molecule has 2 heterocycles. The highest BCUT2D eigenvalue weighted by Gasteiger charge is 2.44. The van der Waals surface area contributed by atoms with Gasteiger partial charge in [-0.15, -0.1) is 0 Å². The van der Waals surface area contributed by atoms with Crippen LogP contribution in [0.5, 0.6) is 0 Å². The van der Waals surface area contributed by atoms with Crippen LogP contribution in [0.15, 0.2) is 11.8 Å². The molecule has 19 heteroatoms. The molecule has 0 bridgehead atoms. The van der Waals surface area contributed by atoms with Crippen LogP contribution in [-0.4, -0.2) is 66.8 Å². The lowest BCUT2D eigenvalue weighted by atomic mass is 10.1. The van der Waals surface area contributed by atoms with E-state index in [2.05, 4.69) is 18.5 Å². The van der Waals surface area contributed by atoms with Crippen molar-refractivity contribution in [1.82, 2.24) is 10.2 Å². The number of nitrogens with one attached hydrogen (secondary N) is 1. The minimum atomic E-state index is -5.65. The number of nitrogens with zero attached hydrogens (tertiary/aromatic N) is 1. The third-order valence-corrected chi connectivity index (χ3v) is 7.48. The van der Waals surface area contributed by atoms with E-state index in [0.717, 1.165) is 4.90 Å². The van der Waals surface area contributed by atoms with Crippen molar-refractivity contribution < 1.29 is 61.1 Å². The summed E-state index contributed by atoms with van der Waals surface area (Å²) in [6.45, 7) is 0.814. The summed E-state index contributed by atoms with van der Waals surface area (Å²) < 4.78 is 50.5. The van der Waals surface area contributed by atoms with Gasteiger partial charge < -0.3 is 40.5 Å². The third kappa shape index (κ3) is 7.19. The van der Waals surface area contributed by atoms with Gasteiger partial charge in [0, 0.05) is 12.6 Å². The number of hydrogen-bond acceptors (Lipinski definition) is 10. The van der Waals surface area contributed by atoms with Crippen LogP contribution in [0.2, 0.25) is 0 Å². The number of phosphoric ester groups is 1. The average molecular weight is 483 g/mol. The fraction of sp³-hybridized carbons (Fsp3) is 0.700. The first kappa shape index (κ1) is 24.6. The maximum Gasteiger partial charge on any atom is 0.490 e. The van der Waals surface area contributed by atoms with Crippen molar-refractivity contribution in [2.24, 2.45) is 5.73 Å². The summed E-state index contributed by atoms with van der Waals surface area (Å²) in [5.74, 6) is 0. The van der Waals surface area contributed by atoms with E-state index >= 15 is 0 Å². The lowest BCUT2D eigenvalue weighted by Crippen LogP contribution is -2.54. The molecule has 16 nitrogen and oxygen atoms in total. The van der Waals surface area contributed by atoms with Gasteiger partial charge in [-0.25, -0.2) is 18.5 Å². The van der Waals surface area contributed by atoms with Gasteiger partial charge >= 0.3 is 29.5 Å². The van der Waals surface area contributed by atoms with E-state index in [-0.39, 0.29) is 6.42 Å². The number of carbonyl (C=O) groups is 1. The number of urea groups is 1. The molecule has 1 saturated heterocycles. The predicted molar refractivity (Wildman–Crippen MR) is 91.2 cm³/mol. The summed E-state index contributed by atoms with van der Waals surface area (Å²) in [5.41, 5.74) is 6.25. The number of amides is 2. The zero-order valence-electron chi connectivity index (χ0n) is 14.7. The van der Waals surface area contributed by atoms with Crippen LogP contribution in [0.3, 0.4) is 0 Å². The Hall–Kier alpha value is -0.700. The van der Waals surface area contributed by atoms with Gasteiger partial charge in [0.05, 0.1) is 12.7 Å². The molecule has 0 radical (unpaired) electrons. The van der Waals surface area contributed by atoms with E-state index in [4.69, 9.17) is 25.2 Å². The molecule has 0 spiro atoms. The van der Waals surface area contributed by atoms with Gasteiger partial charge in [-0.1, -0.05) is 0 Å². The quantitative estimate of drug-likeness (QED) is 0.205. The number of aliphatic hydroxyl groups is 1. The molecule has 2 amide bonds. The zero-order chi connectivity index (χ0) is 22.2. The zero-order valence-corrected chi connectivity index (χ0v) is 17.4. The summed E-state index contributed by atoms with van der Waals surface area (Å²) >= 11 is 0. The third-order valence-electron chi connectivity index (χ3n) is 3.68. The van der Waals surface area contributed by atoms with Crippen molar-refractivity contribution in [3.63, 3.8) is 0 Å². The van der Waals surface area contributed by atoms with Crippen molar-refractivity contribution in [3.05, 3.63) is 11.8 Å². The van der Waals surface area contributed by atoms with E-state index in [1.54, 1.807) is 6.92 Å². The van der Waals surface area contributed by atoms with Crippen molar-refractivity contribution in [2.75, 3.05) is 6.61 Å². The summed E-state index contributed by atoms with van der Waals surface area (Å²) in [7, 11) is -16.5. The fourth-order valence-electron chi connectivity index (χ4n) is 2.40. The topological polar surface area (TPSA) is 248 Å². The molecule has 1 fully saturated rings. The van der Waals surface area contributed by atoms with Crippen molar-refractivity contribution in [2.45, 2.75) is 37.9 Å². The van der Waals surface area contributed by atoms with Gasteiger partial charge in [-0.3, -0.25) is 9.42 Å². The van der Waals surface area contributed by atoms with Gasteiger partial charge in [0.15, 0.2) is 0 Å². The van der Waals surface area contributed by atoms with E-state index < -0.39 is 60.7 Å². The second-order valence-electron chi connectivity index (χ2n) is 6.03. The molecule has 8 N–H and O–H groups in total. The first-order chi connectivity index (χ1) is 13.1. The molecule has 2 aliphatic rings. The minimum absolute atomic E-state index is 0.100. The van der Waals surface area contributed by atoms with Gasteiger partial charge in [0.2, 0.25) is 0 Å².